The van der Waals surface area contributed by atoms with Gasteiger partial charge in [0.15, 0.2) is 0 Å². The van der Waals surface area contributed by atoms with Crippen LogP contribution >= 0.6 is 0 Å². The molecule has 96 valence electrons. The molecule has 1 nitrogen and oxygen atoms in total. The van der Waals surface area contributed by atoms with Gasteiger partial charge < -0.3 is 0 Å². The molecule has 2 aliphatic rings. The molecular formula is C17H23N. The Morgan fingerprint density at radius 3 is 2.83 bits per heavy atom. The largest absolute Gasteiger partial charge is 0.293 e. The molecule has 3 rings (SSSR count). The van der Waals surface area contributed by atoms with Crippen LogP contribution in [-0.4, -0.2) is 17.0 Å². The van der Waals surface area contributed by atoms with E-state index < -0.39 is 0 Å². The first-order valence-electron chi connectivity index (χ1n) is 7.29. The van der Waals surface area contributed by atoms with Crippen molar-refractivity contribution < 1.29 is 0 Å². The molecule has 2 aliphatic heterocycles. The predicted molar refractivity (Wildman–Crippen MR) is 76.3 cm³/mol. The van der Waals surface area contributed by atoms with E-state index >= 15 is 0 Å². The summed E-state index contributed by atoms with van der Waals surface area (Å²) in [5, 5.41) is 0. The van der Waals surface area contributed by atoms with Crippen molar-refractivity contribution in [2.45, 2.75) is 50.7 Å². The molecule has 0 amide bonds. The zero-order valence-corrected chi connectivity index (χ0v) is 11.1. The van der Waals surface area contributed by atoms with Crippen LogP contribution in [-0.2, 0) is 6.54 Å². The van der Waals surface area contributed by atoms with Crippen LogP contribution in [0.4, 0.5) is 0 Å². The molecule has 2 fully saturated rings. The SMILES string of the molecule is C=CCC[C@H]1C[C@@H]2CC[C@H]1N2Cc1ccccc1. The minimum absolute atomic E-state index is 0.843. The summed E-state index contributed by atoms with van der Waals surface area (Å²) in [5.74, 6) is 0.922. The molecule has 0 radical (unpaired) electrons. The average molecular weight is 241 g/mol. The molecule has 3 atom stereocenters. The van der Waals surface area contributed by atoms with E-state index in [-0.39, 0.29) is 0 Å². The molecule has 1 aromatic carbocycles. The second-order valence-electron chi connectivity index (χ2n) is 5.82. The first-order chi connectivity index (χ1) is 8.88. The van der Waals surface area contributed by atoms with Gasteiger partial charge in [-0.1, -0.05) is 36.4 Å². The van der Waals surface area contributed by atoms with Crippen LogP contribution in [0.15, 0.2) is 43.0 Å². The summed E-state index contributed by atoms with van der Waals surface area (Å²) in [6.07, 6.45) is 8.86. The third-order valence-corrected chi connectivity index (χ3v) is 4.76. The van der Waals surface area contributed by atoms with Gasteiger partial charge in [-0.2, -0.15) is 0 Å². The van der Waals surface area contributed by atoms with Crippen molar-refractivity contribution in [1.29, 1.82) is 0 Å². The maximum atomic E-state index is 3.86. The fourth-order valence-electron chi connectivity index (χ4n) is 3.91. The van der Waals surface area contributed by atoms with Crippen molar-refractivity contribution in [2.75, 3.05) is 0 Å². The highest BCUT2D eigenvalue weighted by Gasteiger charge is 2.45. The number of benzene rings is 1. The van der Waals surface area contributed by atoms with Gasteiger partial charge in [-0.25, -0.2) is 0 Å². The lowest BCUT2D eigenvalue weighted by molar-refractivity contribution is 0.225. The predicted octanol–water partition coefficient (Wildman–Crippen LogP) is 4.01. The standard InChI is InChI=1S/C17H23N/c1-2-3-9-15-12-16-10-11-17(15)18(16)13-14-7-5-4-6-8-14/h2,4-8,15-17H,1,3,9-13H2/t15-,16-,17+/m0/s1. The van der Waals surface area contributed by atoms with Crippen molar-refractivity contribution >= 4 is 0 Å². The molecule has 0 aliphatic carbocycles. The number of allylic oxidation sites excluding steroid dienone is 1. The highest BCUT2D eigenvalue weighted by Crippen LogP contribution is 2.44. The Kier molecular flexibility index (Phi) is 3.51. The fraction of sp³-hybridized carbons (Fsp3) is 0.529. The number of hydrogen-bond acceptors (Lipinski definition) is 1. The Morgan fingerprint density at radius 2 is 2.06 bits per heavy atom. The molecular weight excluding hydrogens is 218 g/mol. The Morgan fingerprint density at radius 1 is 1.22 bits per heavy atom. The van der Waals surface area contributed by atoms with E-state index in [1.165, 1.54) is 37.7 Å². The molecule has 18 heavy (non-hydrogen) atoms. The lowest BCUT2D eigenvalue weighted by Gasteiger charge is -2.24. The van der Waals surface area contributed by atoms with Crippen molar-refractivity contribution in [3.8, 4) is 0 Å². The summed E-state index contributed by atoms with van der Waals surface area (Å²) in [4.78, 5) is 2.77. The summed E-state index contributed by atoms with van der Waals surface area (Å²) in [7, 11) is 0. The van der Waals surface area contributed by atoms with Crippen LogP contribution in [0.5, 0.6) is 0 Å². The lowest BCUT2D eigenvalue weighted by Crippen LogP contribution is -2.29. The van der Waals surface area contributed by atoms with E-state index in [1.54, 1.807) is 0 Å². The fourth-order valence-corrected chi connectivity index (χ4v) is 3.91. The van der Waals surface area contributed by atoms with Gasteiger partial charge in [0.2, 0.25) is 0 Å². The Bertz CT molecular complexity index is 397. The number of nitrogens with zero attached hydrogens (tertiary/aromatic N) is 1. The van der Waals surface area contributed by atoms with Crippen molar-refractivity contribution in [2.24, 2.45) is 5.92 Å². The van der Waals surface area contributed by atoms with Crippen LogP contribution in [0.25, 0.3) is 0 Å². The van der Waals surface area contributed by atoms with Gasteiger partial charge in [-0.05, 0) is 43.6 Å². The van der Waals surface area contributed by atoms with E-state index in [1.807, 2.05) is 0 Å². The topological polar surface area (TPSA) is 3.24 Å². The Balaban J connectivity index is 1.65. The normalized spacial score (nSPS) is 30.8. The van der Waals surface area contributed by atoms with Crippen LogP contribution in [0, 0.1) is 5.92 Å². The Labute approximate surface area is 111 Å². The third kappa shape index (κ3) is 2.24. The number of rotatable bonds is 5. The third-order valence-electron chi connectivity index (χ3n) is 4.76. The molecule has 2 saturated heterocycles. The molecule has 0 unspecified atom stereocenters. The second kappa shape index (κ2) is 5.27. The number of hydrogen-bond donors (Lipinski definition) is 0. The van der Waals surface area contributed by atoms with Crippen molar-refractivity contribution in [3.63, 3.8) is 0 Å². The van der Waals surface area contributed by atoms with E-state index in [9.17, 15) is 0 Å². The molecule has 0 aromatic heterocycles. The van der Waals surface area contributed by atoms with E-state index in [0.29, 0.717) is 0 Å². The van der Waals surface area contributed by atoms with Crippen LogP contribution in [0.2, 0.25) is 0 Å². The maximum Gasteiger partial charge on any atom is 0.0239 e. The molecule has 2 heterocycles. The Hall–Kier alpha value is -1.08. The summed E-state index contributed by atoms with van der Waals surface area (Å²) < 4.78 is 0. The van der Waals surface area contributed by atoms with Gasteiger partial charge in [0.25, 0.3) is 0 Å². The summed E-state index contributed by atoms with van der Waals surface area (Å²) >= 11 is 0. The summed E-state index contributed by atoms with van der Waals surface area (Å²) in [5.41, 5.74) is 1.47. The molecule has 2 bridgehead atoms. The van der Waals surface area contributed by atoms with Gasteiger partial charge in [0.1, 0.15) is 0 Å². The first-order valence-corrected chi connectivity index (χ1v) is 7.29. The van der Waals surface area contributed by atoms with Crippen LogP contribution < -0.4 is 0 Å². The van der Waals surface area contributed by atoms with E-state index in [4.69, 9.17) is 0 Å². The van der Waals surface area contributed by atoms with Crippen molar-refractivity contribution in [1.82, 2.24) is 4.90 Å². The van der Waals surface area contributed by atoms with E-state index in [2.05, 4.69) is 47.9 Å². The second-order valence-corrected chi connectivity index (χ2v) is 5.82. The highest BCUT2D eigenvalue weighted by molar-refractivity contribution is 5.16. The van der Waals surface area contributed by atoms with Crippen LogP contribution in [0.1, 0.15) is 37.7 Å². The molecule has 1 heteroatoms. The zero-order valence-electron chi connectivity index (χ0n) is 11.1. The molecule has 1 aromatic rings. The minimum atomic E-state index is 0.843. The molecule has 0 spiro atoms. The van der Waals surface area contributed by atoms with E-state index in [0.717, 1.165) is 24.5 Å². The first kappa shape index (κ1) is 12.0. The minimum Gasteiger partial charge on any atom is -0.293 e. The van der Waals surface area contributed by atoms with Gasteiger partial charge in [-0.3, -0.25) is 4.90 Å². The van der Waals surface area contributed by atoms with Crippen LogP contribution in [0.3, 0.4) is 0 Å². The summed E-state index contributed by atoms with van der Waals surface area (Å²) in [6, 6.07) is 12.6. The molecule has 0 N–H and O–H groups in total. The monoisotopic (exact) mass is 241 g/mol. The smallest absolute Gasteiger partial charge is 0.0239 e. The quantitative estimate of drug-likeness (QED) is 0.704. The average Bonchev–Trinajstić information content (AvgIpc) is 2.94. The van der Waals surface area contributed by atoms with Crippen molar-refractivity contribution in [3.05, 3.63) is 48.6 Å². The van der Waals surface area contributed by atoms with Gasteiger partial charge >= 0.3 is 0 Å². The van der Waals surface area contributed by atoms with Gasteiger partial charge in [0.05, 0.1) is 0 Å². The van der Waals surface area contributed by atoms with Gasteiger partial charge in [-0.15, -0.1) is 6.58 Å². The maximum absolute atomic E-state index is 3.86. The number of fused-ring (bicyclic) bond motifs is 2. The van der Waals surface area contributed by atoms with Gasteiger partial charge in [0, 0.05) is 18.6 Å². The summed E-state index contributed by atoms with van der Waals surface area (Å²) in [6.45, 7) is 5.01. The highest BCUT2D eigenvalue weighted by atomic mass is 15.2. The zero-order chi connectivity index (χ0) is 12.4. The lowest BCUT2D eigenvalue weighted by atomic mass is 9.86. The molecule has 0 saturated carbocycles.